The molecular formula is C20H26N4O. The molecule has 5 heteroatoms. The van der Waals surface area contributed by atoms with E-state index in [4.69, 9.17) is 0 Å². The van der Waals surface area contributed by atoms with Crippen LogP contribution in [0, 0.1) is 0 Å². The molecule has 1 fully saturated rings. The van der Waals surface area contributed by atoms with Crippen molar-refractivity contribution in [2.45, 2.75) is 31.7 Å². The lowest BCUT2D eigenvalue weighted by Gasteiger charge is -2.31. The maximum atomic E-state index is 12.2. The summed E-state index contributed by atoms with van der Waals surface area (Å²) in [6.45, 7) is 2.77. The number of amides is 2. The molecule has 2 aromatic rings. The highest BCUT2D eigenvalue weighted by Gasteiger charge is 2.22. The maximum Gasteiger partial charge on any atom is 0.319 e. The monoisotopic (exact) mass is 338 g/mol. The van der Waals surface area contributed by atoms with Crippen LogP contribution in [0.25, 0.3) is 0 Å². The van der Waals surface area contributed by atoms with Crippen LogP contribution in [0.15, 0.2) is 54.9 Å². The first-order chi connectivity index (χ1) is 12.3. The van der Waals surface area contributed by atoms with E-state index in [0.29, 0.717) is 12.2 Å². The fourth-order valence-electron chi connectivity index (χ4n) is 3.34. The van der Waals surface area contributed by atoms with Gasteiger partial charge in [0.25, 0.3) is 0 Å². The van der Waals surface area contributed by atoms with Crippen LogP contribution in [0.3, 0.4) is 0 Å². The van der Waals surface area contributed by atoms with Gasteiger partial charge in [-0.1, -0.05) is 43.2 Å². The molecular weight excluding hydrogens is 312 g/mol. The number of nitrogens with zero attached hydrogens (tertiary/aromatic N) is 2. The fourth-order valence-corrected chi connectivity index (χ4v) is 3.34. The Labute approximate surface area is 149 Å². The smallest absolute Gasteiger partial charge is 0.319 e. The number of anilines is 1. The lowest BCUT2D eigenvalue weighted by atomic mass is 10.0. The van der Waals surface area contributed by atoms with E-state index in [1.165, 1.54) is 31.2 Å². The summed E-state index contributed by atoms with van der Waals surface area (Å²) in [4.78, 5) is 18.8. The molecule has 1 saturated heterocycles. The number of rotatable bonds is 5. The van der Waals surface area contributed by atoms with Gasteiger partial charge in [-0.3, -0.25) is 9.88 Å². The van der Waals surface area contributed by atoms with Crippen LogP contribution < -0.4 is 10.6 Å². The second kappa shape index (κ2) is 9.18. The highest BCUT2D eigenvalue weighted by molar-refractivity contribution is 5.88. The van der Waals surface area contributed by atoms with Crippen molar-refractivity contribution in [3.8, 4) is 0 Å². The average molecular weight is 338 g/mol. The maximum absolute atomic E-state index is 12.2. The van der Waals surface area contributed by atoms with Crippen molar-refractivity contribution in [2.24, 2.45) is 0 Å². The predicted octanol–water partition coefficient (Wildman–Crippen LogP) is 3.82. The molecule has 1 atom stereocenters. The molecule has 2 N–H and O–H groups in total. The van der Waals surface area contributed by atoms with Gasteiger partial charge in [0.2, 0.25) is 0 Å². The summed E-state index contributed by atoms with van der Waals surface area (Å²) >= 11 is 0. The molecule has 1 aliphatic heterocycles. The minimum absolute atomic E-state index is 0.191. The number of urea groups is 1. The van der Waals surface area contributed by atoms with Gasteiger partial charge in [0.1, 0.15) is 0 Å². The zero-order valence-corrected chi connectivity index (χ0v) is 14.5. The first kappa shape index (κ1) is 17.4. The van der Waals surface area contributed by atoms with Crippen molar-refractivity contribution >= 4 is 11.7 Å². The van der Waals surface area contributed by atoms with Crippen molar-refractivity contribution in [3.05, 3.63) is 60.4 Å². The number of benzene rings is 1. The van der Waals surface area contributed by atoms with Gasteiger partial charge >= 0.3 is 6.03 Å². The molecule has 0 spiro atoms. The summed E-state index contributed by atoms with van der Waals surface area (Å²) in [5, 5.41) is 5.86. The summed E-state index contributed by atoms with van der Waals surface area (Å²) in [5.41, 5.74) is 1.96. The van der Waals surface area contributed by atoms with Gasteiger partial charge in [-0.15, -0.1) is 0 Å². The standard InChI is InChI=1S/C20H26N4O/c25-20(23-18-11-8-12-21-15-18)22-16-19(17-9-4-3-5-10-17)24-13-6-1-2-7-14-24/h3-5,8-12,15,19H,1-2,6-7,13-14,16H2,(H2,22,23,25). The molecule has 1 aromatic carbocycles. The number of pyridine rings is 1. The minimum Gasteiger partial charge on any atom is -0.336 e. The van der Waals surface area contributed by atoms with Gasteiger partial charge in [-0.05, 0) is 43.6 Å². The Hall–Kier alpha value is -2.40. The zero-order valence-electron chi connectivity index (χ0n) is 14.5. The van der Waals surface area contributed by atoms with Crippen molar-refractivity contribution in [3.63, 3.8) is 0 Å². The second-order valence-electron chi connectivity index (χ2n) is 6.45. The van der Waals surface area contributed by atoms with Crippen LogP contribution in [0.5, 0.6) is 0 Å². The van der Waals surface area contributed by atoms with E-state index in [0.717, 1.165) is 13.1 Å². The molecule has 5 nitrogen and oxygen atoms in total. The number of carbonyl (C=O) groups is 1. The Balaban J connectivity index is 1.64. The molecule has 0 aliphatic carbocycles. The molecule has 1 aromatic heterocycles. The first-order valence-corrected chi connectivity index (χ1v) is 9.07. The van der Waals surface area contributed by atoms with E-state index in [1.54, 1.807) is 18.5 Å². The molecule has 3 rings (SSSR count). The summed E-state index contributed by atoms with van der Waals surface area (Å²) < 4.78 is 0. The van der Waals surface area contributed by atoms with Gasteiger partial charge in [-0.2, -0.15) is 0 Å². The third kappa shape index (κ3) is 5.29. The Kier molecular flexibility index (Phi) is 6.40. The summed E-state index contributed by atoms with van der Waals surface area (Å²) in [5.74, 6) is 0. The quantitative estimate of drug-likeness (QED) is 0.871. The Morgan fingerprint density at radius 2 is 1.80 bits per heavy atom. The van der Waals surface area contributed by atoms with Crippen LogP contribution in [-0.2, 0) is 0 Å². The van der Waals surface area contributed by atoms with Gasteiger partial charge in [0.15, 0.2) is 0 Å². The molecule has 1 aliphatic rings. The van der Waals surface area contributed by atoms with Crippen molar-refractivity contribution in [1.29, 1.82) is 0 Å². The fraction of sp³-hybridized carbons (Fsp3) is 0.400. The Morgan fingerprint density at radius 3 is 2.48 bits per heavy atom. The Bertz CT molecular complexity index is 639. The summed E-state index contributed by atoms with van der Waals surface area (Å²) in [6.07, 6.45) is 8.38. The van der Waals surface area contributed by atoms with Crippen LogP contribution in [0.2, 0.25) is 0 Å². The number of likely N-dealkylation sites (tertiary alicyclic amines) is 1. The van der Waals surface area contributed by atoms with Crippen molar-refractivity contribution in [2.75, 3.05) is 25.0 Å². The molecule has 25 heavy (non-hydrogen) atoms. The number of hydrogen-bond donors (Lipinski definition) is 2. The number of carbonyl (C=O) groups excluding carboxylic acids is 1. The third-order valence-corrected chi connectivity index (χ3v) is 4.64. The molecule has 2 amide bonds. The largest absolute Gasteiger partial charge is 0.336 e. The average Bonchev–Trinajstić information content (AvgIpc) is 2.93. The van der Waals surface area contributed by atoms with Crippen molar-refractivity contribution in [1.82, 2.24) is 15.2 Å². The van der Waals surface area contributed by atoms with Crippen LogP contribution in [0.4, 0.5) is 10.5 Å². The topological polar surface area (TPSA) is 57.3 Å². The van der Waals surface area contributed by atoms with Gasteiger partial charge in [0, 0.05) is 12.7 Å². The molecule has 0 saturated carbocycles. The highest BCUT2D eigenvalue weighted by atomic mass is 16.2. The van der Waals surface area contributed by atoms with Crippen LogP contribution >= 0.6 is 0 Å². The number of nitrogens with one attached hydrogen (secondary N) is 2. The zero-order chi connectivity index (χ0) is 17.3. The predicted molar refractivity (Wildman–Crippen MR) is 100 cm³/mol. The Morgan fingerprint density at radius 1 is 1.04 bits per heavy atom. The SMILES string of the molecule is O=C(NCC(c1ccccc1)N1CCCCCC1)Nc1cccnc1. The van der Waals surface area contributed by atoms with E-state index in [2.05, 4.69) is 44.8 Å². The summed E-state index contributed by atoms with van der Waals surface area (Å²) in [7, 11) is 0. The molecule has 1 unspecified atom stereocenters. The van der Waals surface area contributed by atoms with Crippen LogP contribution in [-0.4, -0.2) is 35.5 Å². The van der Waals surface area contributed by atoms with E-state index in [9.17, 15) is 4.79 Å². The van der Waals surface area contributed by atoms with Crippen molar-refractivity contribution < 1.29 is 4.79 Å². The van der Waals surface area contributed by atoms with Gasteiger partial charge in [-0.25, -0.2) is 4.79 Å². The van der Waals surface area contributed by atoms with Gasteiger partial charge < -0.3 is 10.6 Å². The lowest BCUT2D eigenvalue weighted by molar-refractivity contribution is 0.198. The first-order valence-electron chi connectivity index (χ1n) is 9.07. The third-order valence-electron chi connectivity index (χ3n) is 4.64. The number of aromatic nitrogens is 1. The molecule has 2 heterocycles. The number of hydrogen-bond acceptors (Lipinski definition) is 3. The van der Waals surface area contributed by atoms with E-state index in [1.807, 2.05) is 12.1 Å². The van der Waals surface area contributed by atoms with E-state index < -0.39 is 0 Å². The molecule has 132 valence electrons. The molecule has 0 bridgehead atoms. The normalized spacial score (nSPS) is 16.6. The minimum atomic E-state index is -0.191. The lowest BCUT2D eigenvalue weighted by Crippen LogP contribution is -2.40. The van der Waals surface area contributed by atoms with E-state index in [-0.39, 0.29) is 12.1 Å². The van der Waals surface area contributed by atoms with E-state index >= 15 is 0 Å². The molecule has 0 radical (unpaired) electrons. The van der Waals surface area contributed by atoms with Gasteiger partial charge in [0.05, 0.1) is 17.9 Å². The summed E-state index contributed by atoms with van der Waals surface area (Å²) in [6, 6.07) is 14.1. The highest BCUT2D eigenvalue weighted by Crippen LogP contribution is 2.23. The second-order valence-corrected chi connectivity index (χ2v) is 6.45. The van der Waals surface area contributed by atoms with Crippen LogP contribution in [0.1, 0.15) is 37.3 Å².